The number of benzene rings is 1. The Bertz CT molecular complexity index is 581. The summed E-state index contributed by atoms with van der Waals surface area (Å²) in [5.74, 6) is 0.734. The minimum Gasteiger partial charge on any atom is -0.437 e. The van der Waals surface area contributed by atoms with Crippen LogP contribution in [-0.2, 0) is 0 Å². The third kappa shape index (κ3) is 1.28. The SMILES string of the molecule is C=Cc1c(C)cc2nc(C3CC3)oc2c1F. The average molecular weight is 217 g/mol. The molecule has 0 spiro atoms. The molecule has 0 saturated heterocycles. The summed E-state index contributed by atoms with van der Waals surface area (Å²) in [6.45, 7) is 5.46. The molecule has 0 N–H and O–H groups in total. The maximum absolute atomic E-state index is 14.0. The molecule has 0 bridgehead atoms. The number of aryl methyl sites for hydroxylation is 1. The predicted molar refractivity (Wildman–Crippen MR) is 60.8 cm³/mol. The topological polar surface area (TPSA) is 26.0 Å². The molecule has 0 amide bonds. The number of aromatic nitrogens is 1. The Morgan fingerprint density at radius 1 is 1.56 bits per heavy atom. The van der Waals surface area contributed by atoms with Crippen LogP contribution in [0.2, 0.25) is 0 Å². The van der Waals surface area contributed by atoms with E-state index in [1.54, 1.807) is 0 Å². The molecule has 16 heavy (non-hydrogen) atoms. The van der Waals surface area contributed by atoms with Gasteiger partial charge in [-0.3, -0.25) is 0 Å². The second-order valence-electron chi connectivity index (χ2n) is 4.30. The molecular formula is C13H12FNO. The number of oxazole rings is 1. The van der Waals surface area contributed by atoms with Gasteiger partial charge in [-0.2, -0.15) is 0 Å². The van der Waals surface area contributed by atoms with E-state index in [2.05, 4.69) is 11.6 Å². The van der Waals surface area contributed by atoms with E-state index in [0.29, 0.717) is 22.9 Å². The molecule has 0 unspecified atom stereocenters. The van der Waals surface area contributed by atoms with Crippen molar-refractivity contribution in [1.29, 1.82) is 0 Å². The molecule has 0 radical (unpaired) electrons. The molecule has 1 aromatic heterocycles. The Kier molecular flexibility index (Phi) is 1.90. The van der Waals surface area contributed by atoms with Crippen molar-refractivity contribution < 1.29 is 8.81 Å². The number of hydrogen-bond donors (Lipinski definition) is 0. The number of halogens is 1. The molecule has 1 aliphatic rings. The smallest absolute Gasteiger partial charge is 0.198 e. The van der Waals surface area contributed by atoms with Gasteiger partial charge in [-0.25, -0.2) is 9.37 Å². The highest BCUT2D eigenvalue weighted by Crippen LogP contribution is 2.41. The van der Waals surface area contributed by atoms with E-state index < -0.39 is 0 Å². The van der Waals surface area contributed by atoms with Crippen LogP contribution in [0.1, 0.15) is 35.8 Å². The fourth-order valence-electron chi connectivity index (χ4n) is 1.94. The zero-order valence-corrected chi connectivity index (χ0v) is 9.09. The van der Waals surface area contributed by atoms with Crippen LogP contribution >= 0.6 is 0 Å². The Morgan fingerprint density at radius 2 is 2.31 bits per heavy atom. The number of hydrogen-bond acceptors (Lipinski definition) is 2. The largest absolute Gasteiger partial charge is 0.437 e. The van der Waals surface area contributed by atoms with Crippen LogP contribution in [0.25, 0.3) is 17.2 Å². The minimum absolute atomic E-state index is 0.266. The van der Waals surface area contributed by atoms with Crippen LogP contribution in [-0.4, -0.2) is 4.98 Å². The summed E-state index contributed by atoms with van der Waals surface area (Å²) in [6, 6.07) is 1.85. The normalized spacial score (nSPS) is 15.6. The first-order chi connectivity index (χ1) is 7.70. The number of fused-ring (bicyclic) bond motifs is 1. The fraction of sp³-hybridized carbons (Fsp3) is 0.308. The molecule has 1 fully saturated rings. The van der Waals surface area contributed by atoms with E-state index in [1.807, 2.05) is 13.0 Å². The second kappa shape index (κ2) is 3.17. The van der Waals surface area contributed by atoms with Crippen LogP contribution < -0.4 is 0 Å². The molecule has 1 heterocycles. The van der Waals surface area contributed by atoms with Crippen molar-refractivity contribution in [3.05, 3.63) is 35.5 Å². The van der Waals surface area contributed by atoms with Gasteiger partial charge in [0.05, 0.1) is 0 Å². The Balaban J connectivity index is 2.29. The quantitative estimate of drug-likeness (QED) is 0.764. The highest BCUT2D eigenvalue weighted by atomic mass is 19.1. The van der Waals surface area contributed by atoms with Crippen molar-refractivity contribution >= 4 is 17.2 Å². The molecule has 2 nitrogen and oxygen atoms in total. The van der Waals surface area contributed by atoms with Gasteiger partial charge in [0.2, 0.25) is 0 Å². The van der Waals surface area contributed by atoms with Crippen molar-refractivity contribution in [3.8, 4) is 0 Å². The van der Waals surface area contributed by atoms with Gasteiger partial charge < -0.3 is 4.42 Å². The lowest BCUT2D eigenvalue weighted by Crippen LogP contribution is -1.88. The molecule has 3 rings (SSSR count). The van der Waals surface area contributed by atoms with Crippen molar-refractivity contribution in [2.24, 2.45) is 0 Å². The van der Waals surface area contributed by atoms with Gasteiger partial charge in [0.1, 0.15) is 5.52 Å². The first-order valence-electron chi connectivity index (χ1n) is 5.42. The second-order valence-corrected chi connectivity index (χ2v) is 4.30. The van der Waals surface area contributed by atoms with Crippen molar-refractivity contribution in [1.82, 2.24) is 4.98 Å². The lowest BCUT2D eigenvalue weighted by atomic mass is 10.1. The molecule has 3 heteroatoms. The molecule has 1 aliphatic carbocycles. The van der Waals surface area contributed by atoms with Gasteiger partial charge in [-0.15, -0.1) is 0 Å². The van der Waals surface area contributed by atoms with Crippen LogP contribution in [0, 0.1) is 12.7 Å². The van der Waals surface area contributed by atoms with E-state index in [4.69, 9.17) is 4.42 Å². The average Bonchev–Trinajstić information content (AvgIpc) is 3.00. The molecule has 0 aliphatic heterocycles. The Morgan fingerprint density at radius 3 is 2.94 bits per heavy atom. The summed E-state index contributed by atoms with van der Waals surface area (Å²) < 4.78 is 19.5. The molecule has 82 valence electrons. The molecule has 0 atom stereocenters. The molecule has 1 aromatic carbocycles. The van der Waals surface area contributed by atoms with Gasteiger partial charge in [0, 0.05) is 11.5 Å². The van der Waals surface area contributed by atoms with Gasteiger partial charge in [-0.05, 0) is 31.4 Å². The van der Waals surface area contributed by atoms with Crippen LogP contribution in [0.3, 0.4) is 0 Å². The van der Waals surface area contributed by atoms with Crippen LogP contribution in [0.4, 0.5) is 4.39 Å². The van der Waals surface area contributed by atoms with Gasteiger partial charge >= 0.3 is 0 Å². The highest BCUT2D eigenvalue weighted by Gasteiger charge is 2.29. The van der Waals surface area contributed by atoms with E-state index >= 15 is 0 Å². The summed E-state index contributed by atoms with van der Waals surface area (Å²) in [5.41, 5.74) is 2.23. The minimum atomic E-state index is -0.343. The summed E-state index contributed by atoms with van der Waals surface area (Å²) >= 11 is 0. The van der Waals surface area contributed by atoms with Gasteiger partial charge in [0.15, 0.2) is 17.3 Å². The maximum atomic E-state index is 14.0. The Hall–Kier alpha value is -1.64. The van der Waals surface area contributed by atoms with Crippen molar-refractivity contribution in [2.45, 2.75) is 25.7 Å². The van der Waals surface area contributed by atoms with Crippen LogP contribution in [0.5, 0.6) is 0 Å². The summed E-state index contributed by atoms with van der Waals surface area (Å²) in [7, 11) is 0. The lowest BCUT2D eigenvalue weighted by molar-refractivity contribution is 0.507. The van der Waals surface area contributed by atoms with Crippen molar-refractivity contribution in [2.75, 3.05) is 0 Å². The lowest BCUT2D eigenvalue weighted by Gasteiger charge is -2.00. The summed E-state index contributed by atoms with van der Waals surface area (Å²) in [4.78, 5) is 4.33. The first-order valence-corrected chi connectivity index (χ1v) is 5.42. The number of nitrogens with zero attached hydrogens (tertiary/aromatic N) is 1. The van der Waals surface area contributed by atoms with Gasteiger partial charge in [-0.1, -0.05) is 12.7 Å². The van der Waals surface area contributed by atoms with Gasteiger partial charge in [0.25, 0.3) is 0 Å². The third-order valence-electron chi connectivity index (χ3n) is 3.01. The standard InChI is InChI=1S/C13H12FNO/c1-3-9-7(2)6-10-12(11(9)14)16-13(15-10)8-4-5-8/h3,6,8H,1,4-5H2,2H3. The van der Waals surface area contributed by atoms with Crippen LogP contribution in [0.15, 0.2) is 17.1 Å². The monoisotopic (exact) mass is 217 g/mol. The maximum Gasteiger partial charge on any atom is 0.198 e. The number of rotatable bonds is 2. The van der Waals surface area contributed by atoms with E-state index in [9.17, 15) is 4.39 Å². The highest BCUT2D eigenvalue weighted by molar-refractivity contribution is 5.78. The van der Waals surface area contributed by atoms with Crippen molar-refractivity contribution in [3.63, 3.8) is 0 Å². The summed E-state index contributed by atoms with van der Waals surface area (Å²) in [5, 5.41) is 0. The van der Waals surface area contributed by atoms with E-state index in [1.165, 1.54) is 6.08 Å². The zero-order valence-electron chi connectivity index (χ0n) is 9.09. The van der Waals surface area contributed by atoms with E-state index in [0.717, 1.165) is 18.4 Å². The molecular weight excluding hydrogens is 205 g/mol. The summed E-state index contributed by atoms with van der Waals surface area (Å²) in [6.07, 6.45) is 3.72. The molecule has 2 aromatic rings. The first kappa shape index (κ1) is 9.58. The third-order valence-corrected chi connectivity index (χ3v) is 3.01. The fourth-order valence-corrected chi connectivity index (χ4v) is 1.94. The Labute approximate surface area is 92.8 Å². The van der Waals surface area contributed by atoms with E-state index in [-0.39, 0.29) is 11.4 Å². The predicted octanol–water partition coefficient (Wildman–Crippen LogP) is 3.80. The molecule has 1 saturated carbocycles. The zero-order chi connectivity index (χ0) is 11.3.